The number of hydrogen-bond acceptors (Lipinski definition) is 6. The Hall–Kier alpha value is -4.71. The Balaban J connectivity index is 1.35. The van der Waals surface area contributed by atoms with E-state index in [0.29, 0.717) is 33.6 Å². The van der Waals surface area contributed by atoms with Crippen LogP contribution in [0.2, 0.25) is 0 Å². The van der Waals surface area contributed by atoms with Crippen molar-refractivity contribution in [1.82, 2.24) is 14.7 Å². The molecule has 0 radical (unpaired) electrons. The number of nitrogens with two attached hydrogens (primary N) is 1. The summed E-state index contributed by atoms with van der Waals surface area (Å²) >= 11 is 0. The van der Waals surface area contributed by atoms with Crippen LogP contribution in [0, 0.1) is 0 Å². The summed E-state index contributed by atoms with van der Waals surface area (Å²) in [5.41, 5.74) is 8.28. The van der Waals surface area contributed by atoms with Gasteiger partial charge in [0.2, 0.25) is 5.91 Å². The Kier molecular flexibility index (Phi) is 6.56. The van der Waals surface area contributed by atoms with Crippen molar-refractivity contribution in [3.05, 3.63) is 89.6 Å². The number of likely N-dealkylation sites (N-methyl/N-ethyl adjacent to an activating group) is 1. The number of anilines is 1. The minimum Gasteiger partial charge on any atom is -0.435 e. The first-order chi connectivity index (χ1) is 18.5. The molecule has 1 aliphatic heterocycles. The quantitative estimate of drug-likeness (QED) is 0.375. The molecule has 0 fully saturated rings. The van der Waals surface area contributed by atoms with Crippen molar-refractivity contribution in [3.8, 4) is 5.69 Å². The number of ether oxygens (including phenoxy) is 1. The number of rotatable bonds is 5. The lowest BCUT2D eigenvalue weighted by molar-refractivity contribution is -0.215. The number of esters is 1. The number of nitrogens with zero attached hydrogens (tertiary/aromatic N) is 3. The Morgan fingerprint density at radius 1 is 1.03 bits per heavy atom. The second-order valence-corrected chi connectivity index (χ2v) is 9.06. The van der Waals surface area contributed by atoms with Gasteiger partial charge < -0.3 is 15.8 Å². The average molecular weight is 537 g/mol. The van der Waals surface area contributed by atoms with Gasteiger partial charge in [0.1, 0.15) is 5.52 Å². The number of aromatic nitrogens is 2. The van der Waals surface area contributed by atoms with Gasteiger partial charge in [-0.3, -0.25) is 14.5 Å². The third-order valence-electron chi connectivity index (χ3n) is 6.55. The Bertz CT molecular complexity index is 1580. The van der Waals surface area contributed by atoms with Crippen molar-refractivity contribution < 1.29 is 32.3 Å². The highest BCUT2D eigenvalue weighted by Crippen LogP contribution is 2.35. The minimum absolute atomic E-state index is 0.207. The van der Waals surface area contributed by atoms with E-state index in [1.165, 1.54) is 11.9 Å². The summed E-state index contributed by atoms with van der Waals surface area (Å²) in [6.45, 7) is 0. The third kappa shape index (κ3) is 5.06. The lowest BCUT2D eigenvalue weighted by Gasteiger charge is -2.39. The van der Waals surface area contributed by atoms with Crippen molar-refractivity contribution in [1.29, 1.82) is 0 Å². The van der Waals surface area contributed by atoms with Crippen LogP contribution in [0.1, 0.15) is 27.7 Å². The van der Waals surface area contributed by atoms with E-state index in [0.717, 1.165) is 5.39 Å². The molecule has 9 nitrogen and oxygen atoms in total. The lowest BCUT2D eigenvalue weighted by atomic mass is 9.92. The van der Waals surface area contributed by atoms with Gasteiger partial charge in [-0.05, 0) is 49.4 Å². The molecule has 5 rings (SSSR count). The van der Waals surface area contributed by atoms with Gasteiger partial charge in [-0.1, -0.05) is 36.4 Å². The van der Waals surface area contributed by atoms with Gasteiger partial charge in [-0.15, -0.1) is 0 Å². The monoisotopic (exact) mass is 537 g/mol. The molecule has 0 spiro atoms. The van der Waals surface area contributed by atoms with Crippen LogP contribution in [0.15, 0.2) is 72.9 Å². The highest BCUT2D eigenvalue weighted by molar-refractivity contribution is 6.04. The smallest absolute Gasteiger partial charge is 0.435 e. The summed E-state index contributed by atoms with van der Waals surface area (Å²) < 4.78 is 45.1. The Labute approximate surface area is 219 Å². The van der Waals surface area contributed by atoms with Crippen LogP contribution in [0.4, 0.5) is 18.9 Å². The molecular weight excluding hydrogens is 515 g/mol. The van der Waals surface area contributed by atoms with E-state index in [9.17, 15) is 27.6 Å². The van der Waals surface area contributed by atoms with Crippen molar-refractivity contribution in [2.75, 3.05) is 12.4 Å². The normalized spacial score (nSPS) is 17.4. The third-order valence-corrected chi connectivity index (χ3v) is 6.55. The number of hydrogen-bond donors (Lipinski definition) is 2. The second-order valence-electron chi connectivity index (χ2n) is 9.06. The number of fused-ring (bicyclic) bond motifs is 2. The van der Waals surface area contributed by atoms with Gasteiger partial charge in [-0.25, -0.2) is 9.48 Å². The van der Waals surface area contributed by atoms with E-state index in [1.54, 1.807) is 77.6 Å². The van der Waals surface area contributed by atoms with Gasteiger partial charge in [0.25, 0.3) is 5.91 Å². The number of amides is 2. The van der Waals surface area contributed by atoms with Crippen LogP contribution >= 0.6 is 0 Å². The number of nitrogens with one attached hydrogen (secondary N) is 1. The van der Waals surface area contributed by atoms with Gasteiger partial charge in [0.15, 0.2) is 6.23 Å². The SMILES string of the molecule is CN1C(C(=O)Nc2ccc(-n3cc4cccc(C(N)=O)c4n3)cc2)Cc2ccccc2C1OC(=O)C(F)(F)F. The second kappa shape index (κ2) is 9.87. The molecule has 0 bridgehead atoms. The predicted molar refractivity (Wildman–Crippen MR) is 135 cm³/mol. The van der Waals surface area contributed by atoms with Crippen molar-refractivity contribution >= 4 is 34.4 Å². The highest BCUT2D eigenvalue weighted by atomic mass is 19.4. The molecule has 2 amide bonds. The fraction of sp³-hybridized carbons (Fsp3) is 0.185. The standard InChI is InChI=1S/C27H22F3N5O4/c1-34-21(13-15-5-2-3-7-19(15)25(34)39-26(38)27(28,29)30)24(37)32-17-9-11-18(12-10-17)35-14-16-6-4-8-20(23(31)36)22(16)33-35/h2-12,14,21,25H,13H2,1H3,(H2,31,36)(H,32,37). The van der Waals surface area contributed by atoms with Crippen LogP contribution in [0.5, 0.6) is 0 Å². The summed E-state index contributed by atoms with van der Waals surface area (Å²) in [7, 11) is 1.43. The summed E-state index contributed by atoms with van der Waals surface area (Å²) in [6, 6.07) is 17.5. The molecule has 0 saturated carbocycles. The maximum Gasteiger partial charge on any atom is 0.490 e. The molecule has 0 aliphatic carbocycles. The lowest BCUT2D eigenvalue weighted by Crippen LogP contribution is -2.50. The summed E-state index contributed by atoms with van der Waals surface area (Å²) in [5, 5.41) is 7.95. The highest BCUT2D eigenvalue weighted by Gasteiger charge is 2.45. The van der Waals surface area contributed by atoms with E-state index in [4.69, 9.17) is 10.5 Å². The molecule has 3 aromatic carbocycles. The Morgan fingerprint density at radius 3 is 2.44 bits per heavy atom. The first-order valence-electron chi connectivity index (χ1n) is 11.8. The molecule has 2 atom stereocenters. The molecular formula is C27H22F3N5O4. The number of carbonyl (C=O) groups excluding carboxylic acids is 3. The number of carbonyl (C=O) groups is 3. The average Bonchev–Trinajstić information content (AvgIpc) is 3.34. The number of alkyl halides is 3. The van der Waals surface area contributed by atoms with Gasteiger partial charge in [-0.2, -0.15) is 18.3 Å². The maximum absolute atomic E-state index is 13.2. The fourth-order valence-corrected chi connectivity index (χ4v) is 4.59. The first-order valence-corrected chi connectivity index (χ1v) is 11.8. The summed E-state index contributed by atoms with van der Waals surface area (Å²) in [6.07, 6.45) is -4.61. The number of halogens is 3. The largest absolute Gasteiger partial charge is 0.490 e. The summed E-state index contributed by atoms with van der Waals surface area (Å²) in [5.74, 6) is -3.40. The van der Waals surface area contributed by atoms with Crippen molar-refractivity contribution in [3.63, 3.8) is 0 Å². The first kappa shape index (κ1) is 25.9. The van der Waals surface area contributed by atoms with Crippen LogP contribution in [0.3, 0.4) is 0 Å². The molecule has 2 unspecified atom stereocenters. The van der Waals surface area contributed by atoms with Crippen LogP contribution in [-0.4, -0.2) is 51.7 Å². The number of primary amides is 1. The fourth-order valence-electron chi connectivity index (χ4n) is 4.59. The molecule has 12 heteroatoms. The van der Waals surface area contributed by atoms with E-state index in [-0.39, 0.29) is 6.42 Å². The minimum atomic E-state index is -5.17. The van der Waals surface area contributed by atoms with Crippen LogP contribution < -0.4 is 11.1 Å². The molecule has 3 N–H and O–H groups in total. The van der Waals surface area contributed by atoms with Gasteiger partial charge >= 0.3 is 12.1 Å². The van der Waals surface area contributed by atoms with E-state index < -0.39 is 36.2 Å². The molecule has 1 aliphatic rings. The topological polar surface area (TPSA) is 120 Å². The molecule has 2 heterocycles. The zero-order chi connectivity index (χ0) is 27.9. The van der Waals surface area contributed by atoms with Crippen LogP contribution in [0.25, 0.3) is 16.6 Å². The van der Waals surface area contributed by atoms with E-state index >= 15 is 0 Å². The molecule has 39 heavy (non-hydrogen) atoms. The van der Waals surface area contributed by atoms with Gasteiger partial charge in [0.05, 0.1) is 17.3 Å². The van der Waals surface area contributed by atoms with Crippen molar-refractivity contribution in [2.45, 2.75) is 24.9 Å². The maximum atomic E-state index is 13.2. The molecule has 200 valence electrons. The van der Waals surface area contributed by atoms with E-state index in [2.05, 4.69) is 10.4 Å². The summed E-state index contributed by atoms with van der Waals surface area (Å²) in [4.78, 5) is 37.8. The zero-order valence-electron chi connectivity index (χ0n) is 20.5. The molecule has 1 aromatic heterocycles. The predicted octanol–water partition coefficient (Wildman–Crippen LogP) is 3.72. The molecule has 0 saturated heterocycles. The van der Waals surface area contributed by atoms with Crippen LogP contribution in [-0.2, 0) is 20.7 Å². The zero-order valence-corrected chi connectivity index (χ0v) is 20.5. The molecule has 4 aromatic rings. The Morgan fingerprint density at radius 2 is 1.74 bits per heavy atom. The van der Waals surface area contributed by atoms with E-state index in [1.807, 2.05) is 0 Å². The number of benzene rings is 3. The van der Waals surface area contributed by atoms with Gasteiger partial charge in [0, 0.05) is 22.8 Å². The van der Waals surface area contributed by atoms with Crippen molar-refractivity contribution in [2.24, 2.45) is 5.73 Å².